The first-order valence-corrected chi connectivity index (χ1v) is 8.52. The molecule has 0 radical (unpaired) electrons. The molecular formula is C15H21NO4S. The average Bonchev–Trinajstić information content (AvgIpc) is 2.90. The van der Waals surface area contributed by atoms with Gasteiger partial charge in [-0.25, -0.2) is 4.79 Å². The van der Waals surface area contributed by atoms with E-state index in [9.17, 15) is 14.7 Å². The smallest absolute Gasteiger partial charge is 0.329 e. The highest BCUT2D eigenvalue weighted by atomic mass is 32.2. The first-order valence-electron chi connectivity index (χ1n) is 7.13. The molecule has 2 atom stereocenters. The molecular weight excluding hydrogens is 290 g/mol. The summed E-state index contributed by atoms with van der Waals surface area (Å²) in [6.07, 6.45) is 5.04. The lowest BCUT2D eigenvalue weighted by Gasteiger charge is -2.39. The lowest BCUT2D eigenvalue weighted by molar-refractivity contribution is -0.148. The number of carbonyl (C=O) groups excluding carboxylic acids is 1. The molecule has 0 saturated heterocycles. The first kappa shape index (κ1) is 15.9. The molecule has 1 amide bonds. The van der Waals surface area contributed by atoms with E-state index >= 15 is 0 Å². The summed E-state index contributed by atoms with van der Waals surface area (Å²) in [5.74, 6) is 0.0882. The number of carbonyl (C=O) groups is 2. The zero-order valence-corrected chi connectivity index (χ0v) is 13.2. The van der Waals surface area contributed by atoms with Gasteiger partial charge in [-0.15, -0.1) is 0 Å². The summed E-state index contributed by atoms with van der Waals surface area (Å²) in [5.41, 5.74) is -1.18. The van der Waals surface area contributed by atoms with Crippen LogP contribution in [0, 0.1) is 5.92 Å². The molecule has 2 N–H and O–H groups in total. The topological polar surface area (TPSA) is 79.5 Å². The third-order valence-electron chi connectivity index (χ3n) is 4.19. The van der Waals surface area contributed by atoms with Gasteiger partial charge in [-0.3, -0.25) is 4.79 Å². The molecule has 116 valence electrons. The van der Waals surface area contributed by atoms with Crippen molar-refractivity contribution in [3.8, 4) is 0 Å². The molecule has 1 aliphatic rings. The van der Waals surface area contributed by atoms with Crippen molar-refractivity contribution in [1.82, 2.24) is 5.32 Å². The minimum absolute atomic E-state index is 0.0895. The van der Waals surface area contributed by atoms with E-state index in [4.69, 9.17) is 4.42 Å². The Morgan fingerprint density at radius 1 is 1.48 bits per heavy atom. The zero-order valence-electron chi connectivity index (χ0n) is 12.3. The predicted molar refractivity (Wildman–Crippen MR) is 81.4 cm³/mol. The van der Waals surface area contributed by atoms with Crippen molar-refractivity contribution in [2.45, 2.75) is 43.9 Å². The van der Waals surface area contributed by atoms with E-state index in [1.54, 1.807) is 23.9 Å². The quantitative estimate of drug-likeness (QED) is 0.874. The molecule has 1 saturated carbocycles. The molecule has 21 heavy (non-hydrogen) atoms. The number of thioether (sulfide) groups is 1. The third-order valence-corrected chi connectivity index (χ3v) is 4.76. The van der Waals surface area contributed by atoms with Gasteiger partial charge in [-0.1, -0.05) is 19.8 Å². The second-order valence-corrected chi connectivity index (χ2v) is 6.44. The lowest BCUT2D eigenvalue weighted by Crippen LogP contribution is -2.59. The first-order chi connectivity index (χ1) is 9.99. The van der Waals surface area contributed by atoms with Crippen molar-refractivity contribution >= 4 is 23.6 Å². The maximum Gasteiger partial charge on any atom is 0.329 e. The normalized spacial score (nSPS) is 25.5. The minimum atomic E-state index is -1.18. The van der Waals surface area contributed by atoms with Crippen LogP contribution in [-0.2, 0) is 10.5 Å². The summed E-state index contributed by atoms with van der Waals surface area (Å²) in [4.78, 5) is 24.0. The van der Waals surface area contributed by atoms with Gasteiger partial charge in [0.1, 0.15) is 11.3 Å². The molecule has 1 aliphatic carbocycles. The van der Waals surface area contributed by atoms with Gasteiger partial charge in [0.05, 0.1) is 5.75 Å². The summed E-state index contributed by atoms with van der Waals surface area (Å²) in [7, 11) is 0. The molecule has 1 heterocycles. The van der Waals surface area contributed by atoms with Crippen LogP contribution in [0.2, 0.25) is 0 Å². The summed E-state index contributed by atoms with van der Waals surface area (Å²) in [5, 5.41) is 12.3. The third kappa shape index (κ3) is 3.26. The Balaban J connectivity index is 2.16. The standard InChI is InChI=1S/C15H21NO4S/c1-10-5-3-4-8-15(10,14(18)19)16-13(17)12-7-6-11(20-12)9-21-2/h6-7,10H,3-5,8-9H2,1-2H3,(H,16,17)(H,18,19). The Bertz CT molecular complexity index is 527. The van der Waals surface area contributed by atoms with Gasteiger partial charge < -0.3 is 14.8 Å². The molecule has 5 nitrogen and oxygen atoms in total. The highest BCUT2D eigenvalue weighted by Gasteiger charge is 2.46. The molecule has 2 rings (SSSR count). The van der Waals surface area contributed by atoms with Gasteiger partial charge in [-0.05, 0) is 37.1 Å². The largest absolute Gasteiger partial charge is 0.479 e. The van der Waals surface area contributed by atoms with Crippen LogP contribution in [0.25, 0.3) is 0 Å². The number of carboxylic acid groups (broad SMARTS) is 1. The molecule has 0 aliphatic heterocycles. The van der Waals surface area contributed by atoms with Gasteiger partial charge in [0.2, 0.25) is 0 Å². The number of hydrogen-bond acceptors (Lipinski definition) is 4. The summed E-state index contributed by atoms with van der Waals surface area (Å²) >= 11 is 1.60. The van der Waals surface area contributed by atoms with Gasteiger partial charge in [-0.2, -0.15) is 11.8 Å². The second-order valence-electron chi connectivity index (χ2n) is 5.58. The van der Waals surface area contributed by atoms with E-state index in [-0.39, 0.29) is 11.7 Å². The Hall–Kier alpha value is -1.43. The van der Waals surface area contributed by atoms with Gasteiger partial charge in [0, 0.05) is 0 Å². The van der Waals surface area contributed by atoms with Crippen LogP contribution >= 0.6 is 11.8 Å². The van der Waals surface area contributed by atoms with Crippen LogP contribution < -0.4 is 5.32 Å². The van der Waals surface area contributed by atoms with Crippen LogP contribution in [0.15, 0.2) is 16.5 Å². The van der Waals surface area contributed by atoms with Crippen molar-refractivity contribution < 1.29 is 19.1 Å². The molecule has 0 bridgehead atoms. The predicted octanol–water partition coefficient (Wildman–Crippen LogP) is 2.91. The highest BCUT2D eigenvalue weighted by molar-refractivity contribution is 7.97. The van der Waals surface area contributed by atoms with Gasteiger partial charge in [0.15, 0.2) is 5.76 Å². The van der Waals surface area contributed by atoms with Crippen molar-refractivity contribution in [3.05, 3.63) is 23.7 Å². The van der Waals surface area contributed by atoms with Crippen molar-refractivity contribution in [3.63, 3.8) is 0 Å². The molecule has 1 aromatic heterocycles. The van der Waals surface area contributed by atoms with E-state index in [2.05, 4.69) is 5.32 Å². The Labute approximate surface area is 128 Å². The van der Waals surface area contributed by atoms with Crippen molar-refractivity contribution in [2.75, 3.05) is 6.26 Å². The van der Waals surface area contributed by atoms with Crippen LogP contribution in [0.3, 0.4) is 0 Å². The number of amides is 1. The number of aliphatic carboxylic acids is 1. The fourth-order valence-corrected chi connectivity index (χ4v) is 3.33. The molecule has 0 spiro atoms. The van der Waals surface area contributed by atoms with Gasteiger partial charge >= 0.3 is 5.97 Å². The minimum Gasteiger partial charge on any atom is -0.479 e. The number of furan rings is 1. The van der Waals surface area contributed by atoms with Crippen LogP contribution in [0.4, 0.5) is 0 Å². The van der Waals surface area contributed by atoms with Crippen LogP contribution in [0.1, 0.15) is 48.9 Å². The molecule has 1 aromatic rings. The fraction of sp³-hybridized carbons (Fsp3) is 0.600. The molecule has 2 unspecified atom stereocenters. The number of rotatable bonds is 5. The number of nitrogens with one attached hydrogen (secondary N) is 1. The van der Waals surface area contributed by atoms with E-state index < -0.39 is 17.4 Å². The van der Waals surface area contributed by atoms with Gasteiger partial charge in [0.25, 0.3) is 5.91 Å². The Morgan fingerprint density at radius 2 is 2.24 bits per heavy atom. The summed E-state index contributed by atoms with van der Waals surface area (Å²) in [6.45, 7) is 1.88. The second kappa shape index (κ2) is 6.56. The van der Waals surface area contributed by atoms with Crippen molar-refractivity contribution in [2.24, 2.45) is 5.92 Å². The Morgan fingerprint density at radius 3 is 2.86 bits per heavy atom. The maximum absolute atomic E-state index is 12.3. The maximum atomic E-state index is 12.3. The van der Waals surface area contributed by atoms with Crippen molar-refractivity contribution in [1.29, 1.82) is 0 Å². The zero-order chi connectivity index (χ0) is 15.5. The van der Waals surface area contributed by atoms with Crippen LogP contribution in [-0.4, -0.2) is 28.8 Å². The van der Waals surface area contributed by atoms with E-state index in [1.807, 2.05) is 13.2 Å². The lowest BCUT2D eigenvalue weighted by atomic mass is 9.73. The summed E-state index contributed by atoms with van der Waals surface area (Å²) in [6, 6.07) is 3.35. The number of carboxylic acids is 1. The molecule has 0 aromatic carbocycles. The van der Waals surface area contributed by atoms with E-state index in [0.717, 1.165) is 19.3 Å². The van der Waals surface area contributed by atoms with E-state index in [0.29, 0.717) is 17.9 Å². The average molecular weight is 311 g/mol. The monoisotopic (exact) mass is 311 g/mol. The number of hydrogen-bond donors (Lipinski definition) is 2. The fourth-order valence-electron chi connectivity index (χ4n) is 2.89. The summed E-state index contributed by atoms with van der Waals surface area (Å²) < 4.78 is 5.46. The molecule has 6 heteroatoms. The van der Waals surface area contributed by atoms with Crippen LogP contribution in [0.5, 0.6) is 0 Å². The Kier molecular flexibility index (Phi) is 4.98. The molecule has 1 fully saturated rings. The SMILES string of the molecule is CSCc1ccc(C(=O)NC2(C(=O)O)CCCCC2C)o1. The van der Waals surface area contributed by atoms with E-state index in [1.165, 1.54) is 0 Å². The highest BCUT2D eigenvalue weighted by Crippen LogP contribution is 2.34.